The van der Waals surface area contributed by atoms with Gasteiger partial charge in [0.1, 0.15) is 0 Å². The largest absolute Gasteiger partial charge is 0.435 e. The highest BCUT2D eigenvalue weighted by Gasteiger charge is 2.34. The van der Waals surface area contributed by atoms with Crippen LogP contribution in [-0.4, -0.2) is 30.2 Å². The maximum absolute atomic E-state index is 11.6. The lowest BCUT2D eigenvalue weighted by Gasteiger charge is -2.21. The Morgan fingerprint density at radius 2 is 1.76 bits per heavy atom. The normalized spacial score (nSPS) is 19.6. The zero-order valence-electron chi connectivity index (χ0n) is 9.59. The fourth-order valence-electron chi connectivity index (χ4n) is 1.89. The second-order valence-corrected chi connectivity index (χ2v) is 5.69. The molecule has 0 amide bonds. The molecule has 0 spiro atoms. The van der Waals surface area contributed by atoms with Gasteiger partial charge in [0.15, 0.2) is 5.78 Å². The molecule has 6 nitrogen and oxygen atoms in total. The van der Waals surface area contributed by atoms with Crippen molar-refractivity contribution in [2.24, 2.45) is 5.92 Å². The van der Waals surface area contributed by atoms with Gasteiger partial charge in [-0.2, -0.15) is 8.42 Å². The molecular formula is C10H16O6S. The quantitative estimate of drug-likeness (QED) is 0.598. The number of carbonyl (C=O) groups is 2. The average Bonchev–Trinajstić information content (AvgIpc) is 2.24. The van der Waals surface area contributed by atoms with E-state index in [1.54, 1.807) is 0 Å². The Bertz CT molecular complexity index is 393. The Balaban J connectivity index is 2.67. The summed E-state index contributed by atoms with van der Waals surface area (Å²) >= 11 is 0. The third-order valence-corrected chi connectivity index (χ3v) is 3.73. The van der Waals surface area contributed by atoms with Gasteiger partial charge in [-0.3, -0.25) is 14.1 Å². The number of ketones is 1. The molecule has 0 heterocycles. The van der Waals surface area contributed by atoms with Crippen LogP contribution in [-0.2, 0) is 24.4 Å². The standard InChI is InChI=1S/C10H16O6S/c1-7(11)10(17(13,14)15)16-9(12)8-5-3-2-4-6-8/h8,10H,2-6H2,1H3,(H,13,14,15). The molecule has 0 radical (unpaired) electrons. The van der Waals surface area contributed by atoms with Crippen LogP contribution in [0, 0.1) is 5.92 Å². The minimum Gasteiger partial charge on any atom is -0.435 e. The highest BCUT2D eigenvalue weighted by Crippen LogP contribution is 2.25. The lowest BCUT2D eigenvalue weighted by Crippen LogP contribution is -2.35. The predicted molar refractivity (Wildman–Crippen MR) is 58.7 cm³/mol. The average molecular weight is 264 g/mol. The van der Waals surface area contributed by atoms with Gasteiger partial charge in [0.05, 0.1) is 5.92 Å². The van der Waals surface area contributed by atoms with Gasteiger partial charge in [-0.1, -0.05) is 19.3 Å². The van der Waals surface area contributed by atoms with Crippen LogP contribution in [0.3, 0.4) is 0 Å². The molecule has 1 aliphatic rings. The third-order valence-electron chi connectivity index (χ3n) is 2.76. The van der Waals surface area contributed by atoms with Crippen molar-refractivity contribution in [2.75, 3.05) is 0 Å². The number of hydrogen-bond donors (Lipinski definition) is 1. The zero-order valence-corrected chi connectivity index (χ0v) is 10.4. The molecule has 0 aromatic rings. The molecule has 98 valence electrons. The van der Waals surface area contributed by atoms with E-state index >= 15 is 0 Å². The van der Waals surface area contributed by atoms with Crippen molar-refractivity contribution in [3.8, 4) is 0 Å². The highest BCUT2D eigenvalue weighted by atomic mass is 32.2. The predicted octanol–water partition coefficient (Wildman–Crippen LogP) is 0.913. The number of ether oxygens (including phenoxy) is 1. The lowest BCUT2D eigenvalue weighted by molar-refractivity contribution is -0.155. The summed E-state index contributed by atoms with van der Waals surface area (Å²) in [5, 5.41) is 0. The minimum absolute atomic E-state index is 0.368. The summed E-state index contributed by atoms with van der Waals surface area (Å²) in [7, 11) is -4.69. The van der Waals surface area contributed by atoms with Gasteiger partial charge >= 0.3 is 16.1 Å². The fourth-order valence-corrected chi connectivity index (χ4v) is 2.53. The summed E-state index contributed by atoms with van der Waals surface area (Å²) in [5.41, 5.74) is -2.09. The minimum atomic E-state index is -4.69. The Morgan fingerprint density at radius 3 is 2.18 bits per heavy atom. The van der Waals surface area contributed by atoms with E-state index in [1.165, 1.54) is 0 Å². The molecule has 0 aromatic heterocycles. The van der Waals surface area contributed by atoms with Gasteiger partial charge in [-0.25, -0.2) is 0 Å². The smallest absolute Gasteiger partial charge is 0.311 e. The second-order valence-electron chi connectivity index (χ2n) is 4.23. The number of carbonyl (C=O) groups excluding carboxylic acids is 2. The summed E-state index contributed by atoms with van der Waals surface area (Å²) in [5.74, 6) is -1.99. The van der Waals surface area contributed by atoms with Crippen molar-refractivity contribution >= 4 is 21.9 Å². The molecule has 0 bridgehead atoms. The monoisotopic (exact) mass is 264 g/mol. The van der Waals surface area contributed by atoms with Crippen LogP contribution in [0.15, 0.2) is 0 Å². The molecule has 1 saturated carbocycles. The van der Waals surface area contributed by atoms with Crippen LogP contribution in [0.4, 0.5) is 0 Å². The van der Waals surface area contributed by atoms with E-state index in [-0.39, 0.29) is 5.92 Å². The Hall–Kier alpha value is -0.950. The van der Waals surface area contributed by atoms with E-state index in [1.807, 2.05) is 0 Å². The number of hydrogen-bond acceptors (Lipinski definition) is 5. The molecule has 17 heavy (non-hydrogen) atoms. The Labute approximate surface area is 100 Å². The van der Waals surface area contributed by atoms with Gasteiger partial charge in [-0.15, -0.1) is 0 Å². The van der Waals surface area contributed by atoms with Crippen molar-refractivity contribution < 1.29 is 27.3 Å². The first-order chi connectivity index (χ1) is 7.82. The van der Waals surface area contributed by atoms with E-state index < -0.39 is 27.3 Å². The van der Waals surface area contributed by atoms with Crippen LogP contribution in [0.25, 0.3) is 0 Å². The molecule has 0 aliphatic heterocycles. The number of esters is 1. The van der Waals surface area contributed by atoms with Crippen LogP contribution in [0.1, 0.15) is 39.0 Å². The topological polar surface area (TPSA) is 97.7 Å². The highest BCUT2D eigenvalue weighted by molar-refractivity contribution is 7.87. The molecule has 1 rings (SSSR count). The maximum atomic E-state index is 11.6. The summed E-state index contributed by atoms with van der Waals surface area (Å²) < 4.78 is 35.1. The molecule has 7 heteroatoms. The molecule has 1 unspecified atom stereocenters. The van der Waals surface area contributed by atoms with Gasteiger partial charge in [0, 0.05) is 0 Å². The second kappa shape index (κ2) is 5.59. The first-order valence-electron chi connectivity index (χ1n) is 5.49. The van der Waals surface area contributed by atoms with Crippen LogP contribution in [0.5, 0.6) is 0 Å². The van der Waals surface area contributed by atoms with Crippen molar-refractivity contribution in [1.82, 2.24) is 0 Å². The molecule has 1 fully saturated rings. The molecule has 1 atom stereocenters. The van der Waals surface area contributed by atoms with E-state index in [0.717, 1.165) is 26.2 Å². The summed E-state index contributed by atoms with van der Waals surface area (Å²) in [4.78, 5) is 22.6. The van der Waals surface area contributed by atoms with Crippen molar-refractivity contribution in [1.29, 1.82) is 0 Å². The maximum Gasteiger partial charge on any atom is 0.311 e. The SMILES string of the molecule is CC(=O)C(OC(=O)C1CCCCC1)S(=O)(=O)O. The molecule has 0 saturated heterocycles. The van der Waals surface area contributed by atoms with E-state index in [9.17, 15) is 18.0 Å². The summed E-state index contributed by atoms with van der Waals surface area (Å²) in [6.45, 7) is 0.951. The van der Waals surface area contributed by atoms with E-state index in [0.29, 0.717) is 12.8 Å². The Kier molecular flexibility index (Phi) is 4.64. The number of Topliss-reactive ketones (excluding diaryl/α,β-unsaturated/α-hetero) is 1. The molecular weight excluding hydrogens is 248 g/mol. The van der Waals surface area contributed by atoms with Gasteiger partial charge in [0.25, 0.3) is 5.44 Å². The van der Waals surface area contributed by atoms with Gasteiger partial charge in [-0.05, 0) is 19.8 Å². The van der Waals surface area contributed by atoms with Crippen molar-refractivity contribution in [2.45, 2.75) is 44.5 Å². The first kappa shape index (κ1) is 14.1. The zero-order chi connectivity index (χ0) is 13.1. The summed E-state index contributed by atoms with van der Waals surface area (Å²) in [6, 6.07) is 0. The van der Waals surface area contributed by atoms with Gasteiger partial charge in [0.2, 0.25) is 0 Å². The van der Waals surface area contributed by atoms with Crippen LogP contribution in [0.2, 0.25) is 0 Å². The lowest BCUT2D eigenvalue weighted by atomic mass is 9.89. The number of rotatable bonds is 4. The molecule has 1 aliphatic carbocycles. The Morgan fingerprint density at radius 1 is 1.24 bits per heavy atom. The van der Waals surface area contributed by atoms with E-state index in [2.05, 4.69) is 4.74 Å². The first-order valence-corrected chi connectivity index (χ1v) is 7.00. The molecule has 1 N–H and O–H groups in total. The fraction of sp³-hybridized carbons (Fsp3) is 0.800. The van der Waals surface area contributed by atoms with Crippen molar-refractivity contribution in [3.05, 3.63) is 0 Å². The summed E-state index contributed by atoms with van der Waals surface area (Å²) in [6.07, 6.45) is 4.08. The van der Waals surface area contributed by atoms with Crippen LogP contribution < -0.4 is 0 Å². The van der Waals surface area contributed by atoms with Crippen LogP contribution >= 0.6 is 0 Å². The van der Waals surface area contributed by atoms with Crippen molar-refractivity contribution in [3.63, 3.8) is 0 Å². The molecule has 0 aromatic carbocycles. The van der Waals surface area contributed by atoms with E-state index in [4.69, 9.17) is 4.55 Å². The van der Waals surface area contributed by atoms with Gasteiger partial charge < -0.3 is 4.74 Å². The third kappa shape index (κ3) is 4.08.